The number of nitrogens with zero attached hydrogens (tertiary/aromatic N) is 3. The molecule has 0 spiro atoms. The fraction of sp³-hybridized carbons (Fsp3) is 0.316. The number of amides is 1. The Balaban J connectivity index is 1.69. The molecular weight excluding hydrogens is 405 g/mol. The molecule has 0 radical (unpaired) electrons. The Morgan fingerprint density at radius 2 is 1.97 bits per heavy atom. The average molecular weight is 424 g/mol. The third kappa shape index (κ3) is 5.86. The van der Waals surface area contributed by atoms with Crippen molar-refractivity contribution in [2.75, 3.05) is 12.0 Å². The molecule has 3 aromatic rings. The van der Waals surface area contributed by atoms with Crippen LogP contribution in [0.15, 0.2) is 48.7 Å². The molecule has 0 aliphatic heterocycles. The monoisotopic (exact) mass is 424 g/mol. The maximum atomic E-state index is 12.5. The third-order valence-electron chi connectivity index (χ3n) is 4.12. The molecular formula is C19H19F3N4O2S. The number of carbonyl (C=O) groups is 1. The Morgan fingerprint density at radius 3 is 2.66 bits per heavy atom. The highest BCUT2D eigenvalue weighted by molar-refractivity contribution is 7.98. The topological polar surface area (TPSA) is 68.5 Å². The number of alkyl halides is 3. The van der Waals surface area contributed by atoms with Gasteiger partial charge in [-0.1, -0.05) is 18.2 Å². The number of hydrogen-bond acceptors (Lipinski definition) is 5. The SMILES string of the molecule is CSCCC(NC(=O)Cc1ccc(OC(F)(F)F)cc1)c1nnc2ccccn12. The fourth-order valence-electron chi connectivity index (χ4n) is 2.84. The molecule has 10 heteroatoms. The van der Waals surface area contributed by atoms with Gasteiger partial charge in [-0.2, -0.15) is 11.8 Å². The standard InChI is InChI=1S/C19H19F3N4O2S/c1-29-11-9-15(18-25-24-16-4-2-3-10-26(16)18)23-17(27)12-13-5-7-14(8-6-13)28-19(20,21)22/h2-8,10,15H,9,11-12H2,1H3,(H,23,27). The Morgan fingerprint density at radius 1 is 1.21 bits per heavy atom. The van der Waals surface area contributed by atoms with E-state index in [1.165, 1.54) is 24.3 Å². The van der Waals surface area contributed by atoms with Gasteiger partial charge in [0.15, 0.2) is 11.5 Å². The highest BCUT2D eigenvalue weighted by Gasteiger charge is 2.31. The van der Waals surface area contributed by atoms with Crippen molar-refractivity contribution in [2.24, 2.45) is 0 Å². The van der Waals surface area contributed by atoms with Crippen LogP contribution in [0, 0.1) is 0 Å². The summed E-state index contributed by atoms with van der Waals surface area (Å²) in [4.78, 5) is 12.5. The maximum Gasteiger partial charge on any atom is 0.573 e. The average Bonchev–Trinajstić information content (AvgIpc) is 3.09. The van der Waals surface area contributed by atoms with Crippen molar-refractivity contribution in [1.29, 1.82) is 0 Å². The number of aromatic nitrogens is 3. The number of rotatable bonds is 8. The number of nitrogens with one attached hydrogen (secondary N) is 1. The number of halogens is 3. The van der Waals surface area contributed by atoms with Crippen LogP contribution in [0.2, 0.25) is 0 Å². The van der Waals surface area contributed by atoms with Crippen LogP contribution in [0.4, 0.5) is 13.2 Å². The molecule has 0 saturated heterocycles. The first-order chi connectivity index (χ1) is 13.9. The van der Waals surface area contributed by atoms with Gasteiger partial charge in [0.25, 0.3) is 0 Å². The summed E-state index contributed by atoms with van der Waals surface area (Å²) in [7, 11) is 0. The summed E-state index contributed by atoms with van der Waals surface area (Å²) >= 11 is 1.66. The summed E-state index contributed by atoms with van der Waals surface area (Å²) in [6, 6.07) is 10.5. The van der Waals surface area contributed by atoms with E-state index in [0.717, 1.165) is 5.75 Å². The molecule has 29 heavy (non-hydrogen) atoms. The van der Waals surface area contributed by atoms with E-state index in [4.69, 9.17) is 0 Å². The van der Waals surface area contributed by atoms with Crippen LogP contribution < -0.4 is 10.1 Å². The van der Waals surface area contributed by atoms with Crippen molar-refractivity contribution in [2.45, 2.75) is 25.2 Å². The summed E-state index contributed by atoms with van der Waals surface area (Å²) in [6.07, 6.45) is -0.238. The number of benzene rings is 1. The number of thioether (sulfide) groups is 1. The van der Waals surface area contributed by atoms with Crippen molar-refractivity contribution in [3.8, 4) is 5.75 Å². The molecule has 1 aromatic carbocycles. The van der Waals surface area contributed by atoms with E-state index in [2.05, 4.69) is 20.3 Å². The Hall–Kier alpha value is -2.75. The first kappa shape index (κ1) is 21.0. The van der Waals surface area contributed by atoms with Crippen molar-refractivity contribution >= 4 is 23.3 Å². The van der Waals surface area contributed by atoms with E-state index >= 15 is 0 Å². The second-order valence-electron chi connectivity index (χ2n) is 6.26. The van der Waals surface area contributed by atoms with Gasteiger partial charge < -0.3 is 10.1 Å². The van der Waals surface area contributed by atoms with E-state index in [1.54, 1.807) is 11.8 Å². The molecule has 6 nitrogen and oxygen atoms in total. The molecule has 2 aromatic heterocycles. The minimum Gasteiger partial charge on any atom is -0.406 e. The predicted octanol–water partition coefficient (Wildman–Crippen LogP) is 3.78. The summed E-state index contributed by atoms with van der Waals surface area (Å²) in [6.45, 7) is 0. The lowest BCUT2D eigenvalue weighted by molar-refractivity contribution is -0.274. The smallest absolute Gasteiger partial charge is 0.406 e. The predicted molar refractivity (Wildman–Crippen MR) is 104 cm³/mol. The van der Waals surface area contributed by atoms with Crippen molar-refractivity contribution in [3.63, 3.8) is 0 Å². The van der Waals surface area contributed by atoms with Gasteiger partial charge in [-0.3, -0.25) is 9.20 Å². The largest absolute Gasteiger partial charge is 0.573 e. The lowest BCUT2D eigenvalue weighted by atomic mass is 10.1. The minimum atomic E-state index is -4.75. The second kappa shape index (κ2) is 9.17. The zero-order valence-corrected chi connectivity index (χ0v) is 16.3. The molecule has 1 amide bonds. The van der Waals surface area contributed by atoms with Crippen LogP contribution in [-0.4, -0.2) is 38.9 Å². The Bertz CT molecular complexity index is 960. The van der Waals surface area contributed by atoms with Gasteiger partial charge in [-0.15, -0.1) is 23.4 Å². The highest BCUT2D eigenvalue weighted by atomic mass is 32.2. The molecule has 1 N–H and O–H groups in total. The van der Waals surface area contributed by atoms with Gasteiger partial charge in [0, 0.05) is 6.20 Å². The normalized spacial score (nSPS) is 12.7. The van der Waals surface area contributed by atoms with E-state index in [1.807, 2.05) is 35.1 Å². The summed E-state index contributed by atoms with van der Waals surface area (Å²) in [5.41, 5.74) is 1.26. The van der Waals surface area contributed by atoms with Crippen LogP contribution in [0.25, 0.3) is 5.65 Å². The molecule has 1 unspecified atom stereocenters. The summed E-state index contributed by atoms with van der Waals surface area (Å²) in [5.74, 6) is 0.871. The highest BCUT2D eigenvalue weighted by Crippen LogP contribution is 2.23. The molecule has 3 rings (SSSR count). The van der Waals surface area contributed by atoms with E-state index in [-0.39, 0.29) is 24.1 Å². The molecule has 2 heterocycles. The van der Waals surface area contributed by atoms with Crippen molar-refractivity contribution in [3.05, 3.63) is 60.0 Å². The molecule has 154 valence electrons. The zero-order chi connectivity index (χ0) is 20.9. The molecule has 0 fully saturated rings. The van der Waals surface area contributed by atoms with E-state index in [0.29, 0.717) is 23.5 Å². The van der Waals surface area contributed by atoms with Gasteiger partial charge in [-0.25, -0.2) is 0 Å². The maximum absolute atomic E-state index is 12.5. The van der Waals surface area contributed by atoms with Gasteiger partial charge in [0.1, 0.15) is 5.75 Å². The van der Waals surface area contributed by atoms with E-state index in [9.17, 15) is 18.0 Å². The summed E-state index contributed by atoms with van der Waals surface area (Å²) < 4.78 is 42.4. The fourth-order valence-corrected chi connectivity index (χ4v) is 3.31. The van der Waals surface area contributed by atoms with Gasteiger partial charge in [-0.05, 0) is 48.3 Å². The first-order valence-electron chi connectivity index (χ1n) is 8.78. The lowest BCUT2D eigenvalue weighted by Crippen LogP contribution is -2.31. The molecule has 0 aliphatic rings. The van der Waals surface area contributed by atoms with Crippen LogP contribution in [0.3, 0.4) is 0 Å². The number of hydrogen-bond donors (Lipinski definition) is 1. The van der Waals surface area contributed by atoms with Crippen molar-refractivity contribution in [1.82, 2.24) is 19.9 Å². The van der Waals surface area contributed by atoms with Crippen LogP contribution in [0.5, 0.6) is 5.75 Å². The minimum absolute atomic E-state index is 0.0266. The number of carbonyl (C=O) groups excluding carboxylic acids is 1. The lowest BCUT2D eigenvalue weighted by Gasteiger charge is -2.17. The van der Waals surface area contributed by atoms with E-state index < -0.39 is 6.36 Å². The van der Waals surface area contributed by atoms with Crippen molar-refractivity contribution < 1.29 is 22.7 Å². The zero-order valence-electron chi connectivity index (χ0n) is 15.5. The first-order valence-corrected chi connectivity index (χ1v) is 10.2. The third-order valence-corrected chi connectivity index (χ3v) is 4.76. The molecule has 0 aliphatic carbocycles. The Labute approximate surface area is 169 Å². The quantitative estimate of drug-likeness (QED) is 0.596. The second-order valence-corrected chi connectivity index (χ2v) is 7.24. The number of pyridine rings is 1. The van der Waals surface area contributed by atoms with Gasteiger partial charge >= 0.3 is 6.36 Å². The van der Waals surface area contributed by atoms with Gasteiger partial charge in [0.05, 0.1) is 12.5 Å². The summed E-state index contributed by atoms with van der Waals surface area (Å²) in [5, 5.41) is 11.3. The van der Waals surface area contributed by atoms with Crippen LogP contribution >= 0.6 is 11.8 Å². The molecule has 0 saturated carbocycles. The Kier molecular flexibility index (Phi) is 6.63. The molecule has 1 atom stereocenters. The van der Waals surface area contributed by atoms with Gasteiger partial charge in [0.2, 0.25) is 5.91 Å². The number of fused-ring (bicyclic) bond motifs is 1. The molecule has 0 bridgehead atoms. The number of ether oxygens (including phenoxy) is 1. The van der Waals surface area contributed by atoms with Crippen LogP contribution in [-0.2, 0) is 11.2 Å². The van der Waals surface area contributed by atoms with Crippen LogP contribution in [0.1, 0.15) is 23.9 Å².